The maximum absolute atomic E-state index is 12.0. The first-order chi connectivity index (χ1) is 8.06. The van der Waals surface area contributed by atoms with Gasteiger partial charge in [-0.3, -0.25) is 4.79 Å². The summed E-state index contributed by atoms with van der Waals surface area (Å²) in [5.74, 6) is -0.000216. The average molecular weight is 350 g/mol. The van der Waals surface area contributed by atoms with Crippen molar-refractivity contribution in [1.29, 1.82) is 0 Å². The van der Waals surface area contributed by atoms with Gasteiger partial charge in [-0.25, -0.2) is 9.13 Å². The third-order valence-corrected chi connectivity index (χ3v) is 3.13. The average Bonchev–Trinajstić information content (AvgIpc) is 2.68. The van der Waals surface area contributed by atoms with Gasteiger partial charge in [0, 0.05) is 5.56 Å². The molecule has 0 atom stereocenters. The van der Waals surface area contributed by atoms with Gasteiger partial charge in [0.05, 0.1) is 17.1 Å². The highest BCUT2D eigenvalue weighted by Crippen LogP contribution is 2.22. The second-order valence-corrected chi connectivity index (χ2v) is 4.62. The van der Waals surface area contributed by atoms with Crippen LogP contribution in [0.25, 0.3) is 0 Å². The van der Waals surface area contributed by atoms with Crippen molar-refractivity contribution in [2.24, 2.45) is 7.05 Å². The number of aromatic nitrogens is 2. The Morgan fingerprint density at radius 1 is 1.33 bits per heavy atom. The Kier molecular flexibility index (Phi) is 5.38. The highest BCUT2D eigenvalue weighted by Gasteiger charge is 2.12. The first kappa shape index (κ1) is 15.2. The van der Waals surface area contributed by atoms with E-state index in [1.54, 1.807) is 18.2 Å². The molecule has 0 amide bonds. The molecule has 2 aromatic rings. The molecule has 0 unspecified atom stereocenters. The van der Waals surface area contributed by atoms with E-state index in [1.165, 1.54) is 0 Å². The van der Waals surface area contributed by atoms with Gasteiger partial charge in [-0.15, -0.1) is 0 Å². The number of halogens is 3. The van der Waals surface area contributed by atoms with Crippen LogP contribution in [0.1, 0.15) is 10.4 Å². The molecule has 0 aliphatic carbocycles. The molecule has 0 saturated carbocycles. The van der Waals surface area contributed by atoms with Crippen molar-refractivity contribution >= 4 is 29.0 Å². The van der Waals surface area contributed by atoms with Crippen LogP contribution in [-0.2, 0) is 13.6 Å². The van der Waals surface area contributed by atoms with Crippen molar-refractivity contribution in [1.82, 2.24) is 4.57 Å². The van der Waals surface area contributed by atoms with Crippen LogP contribution in [0.5, 0.6) is 0 Å². The molecule has 2 rings (SSSR count). The number of aryl methyl sites for hydroxylation is 1. The largest absolute Gasteiger partial charge is 1.00 e. The Balaban J connectivity index is 0.00000162. The van der Waals surface area contributed by atoms with Crippen molar-refractivity contribution < 1.29 is 26.3 Å². The molecule has 0 bridgehead atoms. The number of Topliss-reactive ketones (excluding diaryl/α,β-unsaturated/α-hetero) is 1. The molecule has 0 saturated heterocycles. The molecule has 6 heteroatoms. The zero-order valence-corrected chi connectivity index (χ0v) is 12.7. The molecule has 1 aromatic heterocycles. The van der Waals surface area contributed by atoms with Crippen LogP contribution in [0.2, 0.25) is 10.0 Å². The quantitative estimate of drug-likeness (QED) is 0.542. The number of imidazole rings is 1. The number of hydrogen-bond acceptors (Lipinski definition) is 1. The lowest BCUT2D eigenvalue weighted by Crippen LogP contribution is -3.00. The molecule has 18 heavy (non-hydrogen) atoms. The van der Waals surface area contributed by atoms with E-state index in [4.69, 9.17) is 23.2 Å². The van der Waals surface area contributed by atoms with E-state index < -0.39 is 0 Å². The molecule has 1 heterocycles. The van der Waals surface area contributed by atoms with Crippen molar-refractivity contribution in [3.63, 3.8) is 0 Å². The Morgan fingerprint density at radius 2 is 2.06 bits per heavy atom. The third-order valence-electron chi connectivity index (χ3n) is 2.39. The zero-order chi connectivity index (χ0) is 12.4. The lowest BCUT2D eigenvalue weighted by atomic mass is 10.1. The number of nitrogens with zero attached hydrogens (tertiary/aromatic N) is 2. The van der Waals surface area contributed by atoms with Gasteiger partial charge in [0.25, 0.3) is 0 Å². The lowest BCUT2D eigenvalue weighted by Gasteiger charge is -2.00. The summed E-state index contributed by atoms with van der Waals surface area (Å²) in [6.45, 7) is 0.290. The SMILES string of the molecule is C[n+]1ccn(CC(=O)c2ccc(Cl)c(Cl)c2)c1.[Br-]. The van der Waals surface area contributed by atoms with Gasteiger partial charge in [-0.1, -0.05) is 23.2 Å². The topological polar surface area (TPSA) is 25.9 Å². The third kappa shape index (κ3) is 3.57. The number of ketones is 1. The van der Waals surface area contributed by atoms with E-state index in [0.717, 1.165) is 0 Å². The molecule has 96 valence electrons. The maximum Gasteiger partial charge on any atom is 0.243 e. The summed E-state index contributed by atoms with van der Waals surface area (Å²) in [5.41, 5.74) is 0.566. The van der Waals surface area contributed by atoms with E-state index in [0.29, 0.717) is 22.2 Å². The molecule has 1 aromatic carbocycles. The Hall–Kier alpha value is -0.840. The summed E-state index contributed by atoms with van der Waals surface area (Å²) in [5, 5.41) is 0.853. The highest BCUT2D eigenvalue weighted by atomic mass is 79.9. The molecule has 0 fully saturated rings. The van der Waals surface area contributed by atoms with Crippen molar-refractivity contribution in [2.45, 2.75) is 6.54 Å². The summed E-state index contributed by atoms with van der Waals surface area (Å²) < 4.78 is 3.69. The van der Waals surface area contributed by atoms with E-state index in [2.05, 4.69) is 0 Å². The predicted octanol–water partition coefficient (Wildman–Crippen LogP) is -0.494. The van der Waals surface area contributed by atoms with Gasteiger partial charge in [0.15, 0.2) is 6.54 Å². The molecule has 0 N–H and O–H groups in total. The number of carbonyl (C=O) groups is 1. The number of benzene rings is 1. The minimum atomic E-state index is -0.000216. The van der Waals surface area contributed by atoms with E-state index >= 15 is 0 Å². The minimum Gasteiger partial charge on any atom is -1.00 e. The van der Waals surface area contributed by atoms with Gasteiger partial charge in [0.2, 0.25) is 12.1 Å². The van der Waals surface area contributed by atoms with Crippen molar-refractivity contribution in [3.05, 3.63) is 52.5 Å². The van der Waals surface area contributed by atoms with Gasteiger partial charge >= 0.3 is 0 Å². The van der Waals surface area contributed by atoms with Crippen LogP contribution in [0.15, 0.2) is 36.9 Å². The smallest absolute Gasteiger partial charge is 0.243 e. The fraction of sp³-hybridized carbons (Fsp3) is 0.167. The fourth-order valence-corrected chi connectivity index (χ4v) is 1.82. The lowest BCUT2D eigenvalue weighted by molar-refractivity contribution is -0.671. The molecule has 0 radical (unpaired) electrons. The first-order valence-corrected chi connectivity index (χ1v) is 5.81. The molecule has 3 nitrogen and oxygen atoms in total. The maximum atomic E-state index is 12.0. The summed E-state index contributed by atoms with van der Waals surface area (Å²) in [6.07, 6.45) is 5.56. The Morgan fingerprint density at radius 3 is 2.61 bits per heavy atom. The van der Waals surface area contributed by atoms with Crippen LogP contribution >= 0.6 is 23.2 Å². The second kappa shape index (κ2) is 6.36. The Labute approximate surface area is 126 Å². The molecule has 0 spiro atoms. The van der Waals surface area contributed by atoms with Crippen molar-refractivity contribution in [3.8, 4) is 0 Å². The highest BCUT2D eigenvalue weighted by molar-refractivity contribution is 6.42. The molecule has 0 aliphatic heterocycles. The molecular weight excluding hydrogens is 339 g/mol. The Bertz CT molecular complexity index is 569. The van der Waals surface area contributed by atoms with Crippen LogP contribution in [-0.4, -0.2) is 10.4 Å². The summed E-state index contributed by atoms with van der Waals surface area (Å²) in [7, 11) is 1.90. The fourth-order valence-electron chi connectivity index (χ4n) is 1.52. The van der Waals surface area contributed by atoms with E-state index in [-0.39, 0.29) is 22.8 Å². The molecular formula is C12H11BrCl2N2O. The predicted molar refractivity (Wildman–Crippen MR) is 66.4 cm³/mol. The minimum absolute atomic E-state index is 0. The summed E-state index contributed by atoms with van der Waals surface area (Å²) in [6, 6.07) is 4.91. The van der Waals surface area contributed by atoms with Crippen LogP contribution < -0.4 is 21.5 Å². The van der Waals surface area contributed by atoms with Crippen LogP contribution in [0, 0.1) is 0 Å². The van der Waals surface area contributed by atoms with Gasteiger partial charge in [-0.2, -0.15) is 0 Å². The standard InChI is InChI=1S/C12H11Cl2N2O.BrH/c1-15-4-5-16(8-15)7-12(17)9-2-3-10(13)11(14)6-9;/h2-6,8H,7H2,1H3;1H/q+1;/p-1. The second-order valence-electron chi connectivity index (χ2n) is 3.80. The zero-order valence-electron chi connectivity index (χ0n) is 9.61. The monoisotopic (exact) mass is 348 g/mol. The van der Waals surface area contributed by atoms with Crippen molar-refractivity contribution in [2.75, 3.05) is 0 Å². The normalized spacial score (nSPS) is 9.94. The van der Waals surface area contributed by atoms with Gasteiger partial charge < -0.3 is 17.0 Å². The molecule has 0 aliphatic rings. The summed E-state index contributed by atoms with van der Waals surface area (Å²) >= 11 is 11.7. The number of rotatable bonds is 3. The van der Waals surface area contributed by atoms with E-state index in [9.17, 15) is 4.79 Å². The van der Waals surface area contributed by atoms with Gasteiger partial charge in [0.1, 0.15) is 12.4 Å². The number of carbonyl (C=O) groups excluding carboxylic acids is 1. The van der Waals surface area contributed by atoms with Crippen LogP contribution in [0.4, 0.5) is 0 Å². The summed E-state index contributed by atoms with van der Waals surface area (Å²) in [4.78, 5) is 12.0. The van der Waals surface area contributed by atoms with Gasteiger partial charge in [-0.05, 0) is 18.2 Å². The number of hydrogen-bond donors (Lipinski definition) is 0. The first-order valence-electron chi connectivity index (χ1n) is 5.05. The van der Waals surface area contributed by atoms with E-state index in [1.807, 2.05) is 34.9 Å². The van der Waals surface area contributed by atoms with Crippen LogP contribution in [0.3, 0.4) is 0 Å².